The molecule has 6 nitrogen and oxygen atoms in total. The molecule has 0 spiro atoms. The van der Waals surface area contributed by atoms with Crippen molar-refractivity contribution in [3.63, 3.8) is 0 Å². The third-order valence-corrected chi connectivity index (χ3v) is 4.61. The molecule has 2 heterocycles. The molecule has 2 aromatic rings. The molecule has 138 valence electrons. The molecule has 0 atom stereocenters. The van der Waals surface area contributed by atoms with Crippen LogP contribution in [-0.2, 0) is 0 Å². The topological polar surface area (TPSA) is 70.2 Å². The summed E-state index contributed by atoms with van der Waals surface area (Å²) >= 11 is 0. The zero-order valence-electron chi connectivity index (χ0n) is 15.6. The van der Waals surface area contributed by atoms with Crippen LogP contribution in [0.4, 0.5) is 11.6 Å². The van der Waals surface area contributed by atoms with E-state index in [1.807, 2.05) is 44.2 Å². The summed E-state index contributed by atoms with van der Waals surface area (Å²) in [7, 11) is 0. The summed E-state index contributed by atoms with van der Waals surface area (Å²) in [5.74, 6) is 2.52. The Morgan fingerprint density at radius 2 is 1.85 bits per heavy atom. The fraction of sp³-hybridized carbons (Fsp3) is 0.450. The molecular formula is C20H27N5O. The maximum atomic E-state index is 12.2. The molecule has 1 amide bonds. The number of anilines is 2. The number of carbonyl (C=O) groups excluding carboxylic acids is 1. The normalized spacial score (nSPS) is 14.2. The molecule has 6 heteroatoms. The van der Waals surface area contributed by atoms with Gasteiger partial charge in [-0.15, -0.1) is 0 Å². The Morgan fingerprint density at radius 3 is 2.62 bits per heavy atom. The molecular weight excluding hydrogens is 326 g/mol. The van der Waals surface area contributed by atoms with Crippen molar-refractivity contribution in [3.8, 4) is 0 Å². The van der Waals surface area contributed by atoms with Crippen LogP contribution in [0, 0.1) is 13.8 Å². The fourth-order valence-electron chi connectivity index (χ4n) is 3.22. The molecule has 1 saturated heterocycles. The van der Waals surface area contributed by atoms with Crippen molar-refractivity contribution in [2.45, 2.75) is 33.1 Å². The van der Waals surface area contributed by atoms with E-state index < -0.39 is 0 Å². The van der Waals surface area contributed by atoms with Gasteiger partial charge >= 0.3 is 0 Å². The van der Waals surface area contributed by atoms with E-state index in [1.165, 1.54) is 19.3 Å². The Kier molecular flexibility index (Phi) is 6.04. The minimum absolute atomic E-state index is 0.0437. The van der Waals surface area contributed by atoms with Gasteiger partial charge < -0.3 is 15.5 Å². The summed E-state index contributed by atoms with van der Waals surface area (Å²) in [6.07, 6.45) is 3.74. The molecule has 26 heavy (non-hydrogen) atoms. The molecule has 3 rings (SSSR count). The molecule has 2 N–H and O–H groups in total. The van der Waals surface area contributed by atoms with E-state index in [0.29, 0.717) is 13.1 Å². The molecule has 1 aliphatic heterocycles. The van der Waals surface area contributed by atoms with Gasteiger partial charge in [-0.25, -0.2) is 9.97 Å². The van der Waals surface area contributed by atoms with Crippen molar-refractivity contribution in [2.24, 2.45) is 0 Å². The summed E-state index contributed by atoms with van der Waals surface area (Å²) in [5.41, 5.74) is 1.70. The summed E-state index contributed by atoms with van der Waals surface area (Å²) in [4.78, 5) is 23.6. The molecule has 1 aliphatic rings. The molecule has 0 aliphatic carbocycles. The van der Waals surface area contributed by atoms with Gasteiger partial charge in [-0.2, -0.15) is 0 Å². The lowest BCUT2D eigenvalue weighted by Gasteiger charge is -2.28. The van der Waals surface area contributed by atoms with Crippen LogP contribution in [0.5, 0.6) is 0 Å². The monoisotopic (exact) mass is 353 g/mol. The van der Waals surface area contributed by atoms with Gasteiger partial charge in [0, 0.05) is 37.8 Å². The quantitative estimate of drug-likeness (QED) is 0.782. The van der Waals surface area contributed by atoms with Gasteiger partial charge in [0.05, 0.1) is 0 Å². The van der Waals surface area contributed by atoms with Crippen LogP contribution in [0.1, 0.15) is 41.0 Å². The second-order valence-corrected chi connectivity index (χ2v) is 6.70. The Morgan fingerprint density at radius 1 is 1.08 bits per heavy atom. The van der Waals surface area contributed by atoms with Crippen LogP contribution in [0.3, 0.4) is 0 Å². The first-order valence-electron chi connectivity index (χ1n) is 9.32. The predicted octanol–water partition coefficient (Wildman–Crippen LogP) is 2.93. The van der Waals surface area contributed by atoms with Gasteiger partial charge in [-0.05, 0) is 44.7 Å². The van der Waals surface area contributed by atoms with Crippen molar-refractivity contribution in [2.75, 3.05) is 36.4 Å². The van der Waals surface area contributed by atoms with Crippen LogP contribution >= 0.6 is 0 Å². The van der Waals surface area contributed by atoms with Crippen molar-refractivity contribution >= 4 is 17.5 Å². The summed E-state index contributed by atoms with van der Waals surface area (Å²) in [6.45, 7) is 7.13. The van der Waals surface area contributed by atoms with Gasteiger partial charge in [0.1, 0.15) is 17.5 Å². The number of nitrogens with one attached hydrogen (secondary N) is 2. The van der Waals surface area contributed by atoms with Crippen LogP contribution in [0.2, 0.25) is 0 Å². The maximum Gasteiger partial charge on any atom is 0.251 e. The number of amides is 1. The number of hydrogen-bond donors (Lipinski definition) is 2. The first-order valence-corrected chi connectivity index (χ1v) is 9.32. The highest BCUT2D eigenvalue weighted by Crippen LogP contribution is 2.20. The lowest BCUT2D eigenvalue weighted by atomic mass is 10.1. The number of benzene rings is 1. The Labute approximate surface area is 155 Å². The maximum absolute atomic E-state index is 12.2. The smallest absolute Gasteiger partial charge is 0.251 e. The summed E-state index contributed by atoms with van der Waals surface area (Å²) in [5, 5.41) is 6.24. The van der Waals surface area contributed by atoms with E-state index in [2.05, 4.69) is 25.5 Å². The zero-order valence-corrected chi connectivity index (χ0v) is 15.6. The minimum atomic E-state index is -0.0437. The van der Waals surface area contributed by atoms with E-state index in [1.54, 1.807) is 0 Å². The third kappa shape index (κ3) is 4.71. The van der Waals surface area contributed by atoms with E-state index in [0.717, 1.165) is 41.7 Å². The van der Waals surface area contributed by atoms with Crippen LogP contribution < -0.4 is 15.5 Å². The molecule has 0 radical (unpaired) electrons. The highest BCUT2D eigenvalue weighted by molar-refractivity contribution is 5.95. The summed E-state index contributed by atoms with van der Waals surface area (Å²) < 4.78 is 0. The number of nitrogens with zero attached hydrogens (tertiary/aromatic N) is 3. The Hall–Kier alpha value is -2.63. The van der Waals surface area contributed by atoms with Gasteiger partial charge in [0.25, 0.3) is 5.91 Å². The fourth-order valence-corrected chi connectivity index (χ4v) is 3.22. The highest BCUT2D eigenvalue weighted by Gasteiger charge is 2.14. The number of aromatic nitrogens is 2. The van der Waals surface area contributed by atoms with Crippen LogP contribution in [0.25, 0.3) is 0 Å². The molecule has 1 aromatic carbocycles. The van der Waals surface area contributed by atoms with Crippen LogP contribution in [0.15, 0.2) is 30.3 Å². The average Bonchev–Trinajstić information content (AvgIpc) is 2.66. The van der Waals surface area contributed by atoms with Gasteiger partial charge in [0.15, 0.2) is 0 Å². The number of rotatable bonds is 6. The average molecular weight is 353 g/mol. The molecule has 0 bridgehead atoms. The lowest BCUT2D eigenvalue weighted by molar-refractivity contribution is 0.0954. The number of carbonyl (C=O) groups is 1. The number of hydrogen-bond acceptors (Lipinski definition) is 5. The largest absolute Gasteiger partial charge is 0.368 e. The van der Waals surface area contributed by atoms with Gasteiger partial charge in [-0.3, -0.25) is 4.79 Å². The van der Waals surface area contributed by atoms with E-state index in [4.69, 9.17) is 0 Å². The molecule has 1 fully saturated rings. The third-order valence-electron chi connectivity index (χ3n) is 4.61. The van der Waals surface area contributed by atoms with Gasteiger partial charge in [-0.1, -0.05) is 18.2 Å². The Bertz CT molecular complexity index is 756. The standard InChI is InChI=1S/C20H27N5O/c1-15-8-4-5-9-17(15)20(26)22-11-10-21-18-14-19(24-16(2)23-18)25-12-6-3-7-13-25/h4-5,8-9,14H,3,6-7,10-13H2,1-2H3,(H,22,26)(H,21,23,24). The second-order valence-electron chi connectivity index (χ2n) is 6.70. The Balaban J connectivity index is 1.52. The van der Waals surface area contributed by atoms with E-state index >= 15 is 0 Å². The van der Waals surface area contributed by atoms with Crippen molar-refractivity contribution in [3.05, 3.63) is 47.3 Å². The zero-order chi connectivity index (χ0) is 18.4. The predicted molar refractivity (Wildman–Crippen MR) is 105 cm³/mol. The molecule has 0 saturated carbocycles. The van der Waals surface area contributed by atoms with Crippen molar-refractivity contribution < 1.29 is 4.79 Å². The minimum Gasteiger partial charge on any atom is -0.368 e. The van der Waals surface area contributed by atoms with E-state index in [-0.39, 0.29) is 5.91 Å². The van der Waals surface area contributed by atoms with E-state index in [9.17, 15) is 4.79 Å². The highest BCUT2D eigenvalue weighted by atomic mass is 16.1. The molecule has 0 unspecified atom stereocenters. The number of aryl methyl sites for hydroxylation is 2. The van der Waals surface area contributed by atoms with Gasteiger partial charge in [0.2, 0.25) is 0 Å². The molecule has 1 aromatic heterocycles. The SMILES string of the molecule is Cc1nc(NCCNC(=O)c2ccccc2C)cc(N2CCCCC2)n1. The summed E-state index contributed by atoms with van der Waals surface area (Å²) in [6, 6.07) is 9.61. The first-order chi connectivity index (χ1) is 12.6. The van der Waals surface area contributed by atoms with Crippen LogP contribution in [-0.4, -0.2) is 42.1 Å². The number of piperidine rings is 1. The van der Waals surface area contributed by atoms with Crippen molar-refractivity contribution in [1.29, 1.82) is 0 Å². The first kappa shape index (κ1) is 18.2. The lowest BCUT2D eigenvalue weighted by Crippen LogP contribution is -2.31. The van der Waals surface area contributed by atoms with Crippen molar-refractivity contribution in [1.82, 2.24) is 15.3 Å². The second kappa shape index (κ2) is 8.65.